The Morgan fingerprint density at radius 3 is 2.48 bits per heavy atom. The van der Waals surface area contributed by atoms with Crippen molar-refractivity contribution < 1.29 is 25.2 Å². The molecule has 4 fully saturated rings. The van der Waals surface area contributed by atoms with Gasteiger partial charge < -0.3 is 20.4 Å². The lowest BCUT2D eigenvalue weighted by Gasteiger charge is -2.64. The first-order chi connectivity index (χ1) is 11.8. The molecule has 8 atom stereocenters. The van der Waals surface area contributed by atoms with Gasteiger partial charge in [0, 0.05) is 11.8 Å². The Kier molecular flexibility index (Phi) is 4.03. The molecular weight excluding hydrogens is 320 g/mol. The van der Waals surface area contributed by atoms with Crippen molar-refractivity contribution in [2.45, 2.75) is 76.4 Å². The monoisotopic (exact) mass is 352 g/mol. The molecule has 0 amide bonds. The minimum absolute atomic E-state index is 0.0246. The highest BCUT2D eigenvalue weighted by atomic mass is 16.4. The van der Waals surface area contributed by atoms with E-state index in [1.807, 2.05) is 0 Å². The fourth-order valence-corrected chi connectivity index (χ4v) is 7.76. The van der Waals surface area contributed by atoms with Crippen LogP contribution >= 0.6 is 0 Å². The maximum absolute atomic E-state index is 11.7. The zero-order valence-electron chi connectivity index (χ0n) is 15.2. The Labute approximate surface area is 149 Å². The summed E-state index contributed by atoms with van der Waals surface area (Å²) in [6, 6.07) is 0. The summed E-state index contributed by atoms with van der Waals surface area (Å²) in [6.07, 6.45) is 6.20. The third-order valence-corrected chi connectivity index (χ3v) is 9.04. The number of hydrogen-bond donors (Lipinski definition) is 4. The van der Waals surface area contributed by atoms with E-state index < -0.39 is 23.1 Å². The van der Waals surface area contributed by atoms with Crippen LogP contribution in [0.15, 0.2) is 0 Å². The number of hydrogen-bond acceptors (Lipinski definition) is 4. The summed E-state index contributed by atoms with van der Waals surface area (Å²) in [4.78, 5) is 11.7. The van der Waals surface area contributed by atoms with Crippen LogP contribution in [0, 0.1) is 34.5 Å². The number of aliphatic hydroxyl groups is 3. The van der Waals surface area contributed by atoms with Crippen molar-refractivity contribution in [3.63, 3.8) is 0 Å². The second-order valence-electron chi connectivity index (χ2n) is 9.67. The minimum Gasteiger partial charge on any atom is -0.481 e. The van der Waals surface area contributed by atoms with Crippen molar-refractivity contribution in [3.05, 3.63) is 0 Å². The van der Waals surface area contributed by atoms with E-state index in [-0.39, 0.29) is 23.9 Å². The smallest absolute Gasteiger partial charge is 0.307 e. The van der Waals surface area contributed by atoms with E-state index in [0.717, 1.165) is 32.1 Å². The maximum Gasteiger partial charge on any atom is 0.307 e. The van der Waals surface area contributed by atoms with Crippen LogP contribution in [-0.2, 0) is 4.79 Å². The molecule has 5 heteroatoms. The molecule has 0 saturated heterocycles. The summed E-state index contributed by atoms with van der Waals surface area (Å²) < 4.78 is 0. The fraction of sp³-hybridized carbons (Fsp3) is 0.950. The van der Waals surface area contributed by atoms with Gasteiger partial charge >= 0.3 is 5.97 Å². The Bertz CT molecular complexity index is 564. The van der Waals surface area contributed by atoms with Gasteiger partial charge in [-0.2, -0.15) is 0 Å². The molecule has 0 aliphatic heterocycles. The van der Waals surface area contributed by atoms with Gasteiger partial charge in [-0.1, -0.05) is 6.92 Å². The molecule has 0 unspecified atom stereocenters. The predicted molar refractivity (Wildman–Crippen MR) is 91.7 cm³/mol. The van der Waals surface area contributed by atoms with Crippen molar-refractivity contribution in [2.75, 3.05) is 6.61 Å². The van der Waals surface area contributed by atoms with Crippen molar-refractivity contribution in [1.82, 2.24) is 0 Å². The maximum atomic E-state index is 11.7. The van der Waals surface area contributed by atoms with Crippen LogP contribution in [0.1, 0.15) is 64.7 Å². The van der Waals surface area contributed by atoms with E-state index in [9.17, 15) is 25.2 Å². The fourth-order valence-electron chi connectivity index (χ4n) is 7.76. The molecule has 0 heterocycles. The molecule has 4 saturated carbocycles. The molecule has 4 aliphatic rings. The van der Waals surface area contributed by atoms with Gasteiger partial charge in [0.2, 0.25) is 0 Å². The van der Waals surface area contributed by atoms with Gasteiger partial charge in [-0.3, -0.25) is 4.79 Å². The van der Waals surface area contributed by atoms with E-state index >= 15 is 0 Å². The predicted octanol–water partition coefficient (Wildman–Crippen LogP) is 2.18. The lowest BCUT2D eigenvalue weighted by Crippen LogP contribution is -2.65. The minimum atomic E-state index is -0.973. The first kappa shape index (κ1) is 17.7. The van der Waals surface area contributed by atoms with Gasteiger partial charge in [-0.25, -0.2) is 0 Å². The number of rotatable bonds is 2. The third-order valence-electron chi connectivity index (χ3n) is 9.04. The summed E-state index contributed by atoms with van der Waals surface area (Å²) in [6.45, 7) is 2.14. The molecule has 0 radical (unpaired) electrons. The molecule has 4 N–H and O–H groups in total. The highest BCUT2D eigenvalue weighted by molar-refractivity contribution is 5.71. The molecule has 5 nitrogen and oxygen atoms in total. The van der Waals surface area contributed by atoms with Crippen LogP contribution < -0.4 is 0 Å². The van der Waals surface area contributed by atoms with Gasteiger partial charge in [-0.05, 0) is 74.5 Å². The van der Waals surface area contributed by atoms with Crippen LogP contribution in [0.2, 0.25) is 0 Å². The molecule has 142 valence electrons. The number of carboxylic acids is 1. The summed E-state index contributed by atoms with van der Waals surface area (Å²) in [5.74, 6) is 0.109. The molecule has 0 aromatic heterocycles. The van der Waals surface area contributed by atoms with Crippen molar-refractivity contribution in [1.29, 1.82) is 0 Å². The first-order valence-electron chi connectivity index (χ1n) is 10.0. The highest BCUT2D eigenvalue weighted by Crippen LogP contribution is 2.68. The zero-order valence-corrected chi connectivity index (χ0v) is 15.2. The Morgan fingerprint density at radius 2 is 1.80 bits per heavy atom. The summed E-state index contributed by atoms with van der Waals surface area (Å²) in [7, 11) is 0. The number of carbonyl (C=O) groups is 1. The second-order valence-corrected chi connectivity index (χ2v) is 9.67. The van der Waals surface area contributed by atoms with Crippen LogP contribution in [0.25, 0.3) is 0 Å². The van der Waals surface area contributed by atoms with Gasteiger partial charge in [0.25, 0.3) is 0 Å². The molecule has 0 bridgehead atoms. The molecule has 0 aromatic carbocycles. The van der Waals surface area contributed by atoms with Crippen LogP contribution in [0.5, 0.6) is 0 Å². The summed E-state index contributed by atoms with van der Waals surface area (Å²) in [5.41, 5.74) is -1.63. The average molecular weight is 352 g/mol. The molecule has 4 rings (SSSR count). The topological polar surface area (TPSA) is 98.0 Å². The van der Waals surface area contributed by atoms with Gasteiger partial charge in [0.1, 0.15) is 0 Å². The largest absolute Gasteiger partial charge is 0.481 e. The molecular formula is C20H32O5. The van der Waals surface area contributed by atoms with Crippen molar-refractivity contribution >= 4 is 5.97 Å². The van der Waals surface area contributed by atoms with E-state index in [2.05, 4.69) is 6.92 Å². The molecule has 25 heavy (non-hydrogen) atoms. The second kappa shape index (κ2) is 5.67. The van der Waals surface area contributed by atoms with Gasteiger partial charge in [0.05, 0.1) is 24.2 Å². The Hall–Kier alpha value is -0.650. The normalized spacial score (nSPS) is 55.1. The van der Waals surface area contributed by atoms with Crippen molar-refractivity contribution in [3.8, 4) is 0 Å². The number of aliphatic carboxylic acids is 1. The Balaban J connectivity index is 1.68. The Morgan fingerprint density at radius 1 is 1.04 bits per heavy atom. The van der Waals surface area contributed by atoms with Crippen LogP contribution in [0.4, 0.5) is 0 Å². The zero-order chi connectivity index (χ0) is 18.0. The van der Waals surface area contributed by atoms with E-state index in [0.29, 0.717) is 37.5 Å². The lowest BCUT2D eigenvalue weighted by molar-refractivity contribution is -0.240. The number of carboxylic acid groups (broad SMARTS) is 1. The van der Waals surface area contributed by atoms with E-state index in [1.165, 1.54) is 0 Å². The first-order valence-corrected chi connectivity index (χ1v) is 10.0. The average Bonchev–Trinajstić information content (AvgIpc) is 2.91. The van der Waals surface area contributed by atoms with Gasteiger partial charge in [0.15, 0.2) is 0 Å². The third kappa shape index (κ3) is 2.21. The van der Waals surface area contributed by atoms with Crippen molar-refractivity contribution in [2.24, 2.45) is 34.5 Å². The number of fused-ring (bicyclic) bond motifs is 5. The highest BCUT2D eigenvalue weighted by Gasteiger charge is 2.66. The lowest BCUT2D eigenvalue weighted by atomic mass is 9.43. The number of aliphatic hydroxyl groups excluding tert-OH is 2. The standard InChI is InChI=1S/C20H32O5/c1-18-7-6-15-13(14(18)2-3-16(18)17(23)24)5-9-20(25)10-12(22)4-8-19(15,20)11-21/h12-16,21-22,25H,2-11H2,1H3,(H,23,24)/t12-,13-,14-,15-,16+,18-,19-,20-/m0/s1. The molecule has 0 aromatic rings. The SMILES string of the molecule is C[C@]12CC[C@H]3[C@@H](CC[C@]4(O)C[C@@H](O)CC[C@]34CO)[C@@H]1CC[C@@H]2C(=O)O. The van der Waals surface area contributed by atoms with Gasteiger partial charge in [-0.15, -0.1) is 0 Å². The summed E-state index contributed by atoms with van der Waals surface area (Å²) >= 11 is 0. The van der Waals surface area contributed by atoms with Crippen LogP contribution in [-0.4, -0.2) is 44.7 Å². The molecule has 0 spiro atoms. The summed E-state index contributed by atoms with van der Waals surface area (Å²) in [5, 5.41) is 41.5. The van der Waals surface area contributed by atoms with Crippen LogP contribution in [0.3, 0.4) is 0 Å². The van der Waals surface area contributed by atoms with E-state index in [4.69, 9.17) is 0 Å². The molecule has 4 aliphatic carbocycles. The quantitative estimate of drug-likeness (QED) is 0.611. The van der Waals surface area contributed by atoms with E-state index in [1.54, 1.807) is 0 Å².